The minimum absolute atomic E-state index is 0.158. The molecule has 3 rings (SSSR count). The van der Waals surface area contributed by atoms with Gasteiger partial charge < -0.3 is 10.4 Å². The van der Waals surface area contributed by atoms with Crippen LogP contribution in [0, 0.1) is 27.7 Å². The van der Waals surface area contributed by atoms with E-state index in [1.165, 1.54) is 0 Å². The van der Waals surface area contributed by atoms with Crippen LogP contribution in [0.4, 0.5) is 5.69 Å². The van der Waals surface area contributed by atoms with Crippen LogP contribution in [0.15, 0.2) is 36.4 Å². The Labute approximate surface area is 146 Å². The summed E-state index contributed by atoms with van der Waals surface area (Å²) in [6.45, 7) is 7.74. The molecule has 0 spiro atoms. The van der Waals surface area contributed by atoms with Gasteiger partial charge in [-0.3, -0.25) is 9.89 Å². The molecule has 5 nitrogen and oxygen atoms in total. The first kappa shape index (κ1) is 16.8. The Morgan fingerprint density at radius 1 is 1.04 bits per heavy atom. The smallest absolute Gasteiger partial charge is 0.273 e. The van der Waals surface area contributed by atoms with Gasteiger partial charge >= 0.3 is 0 Å². The number of rotatable bonds is 3. The normalized spacial score (nSPS) is 10.7. The standard InChI is InChI=1S/C20H21N3O2/c1-11-8-14(4)18(17(24)9-11)15-10-16(23-22-15)20(25)21-19-12(2)6-5-7-13(19)3/h5-10,24H,1-4H3,(H,21,25)(H,22,23). The fourth-order valence-electron chi connectivity index (χ4n) is 3.04. The van der Waals surface area contributed by atoms with Crippen molar-refractivity contribution in [3.05, 3.63) is 64.3 Å². The highest BCUT2D eigenvalue weighted by molar-refractivity contribution is 6.04. The molecule has 3 aromatic rings. The van der Waals surface area contributed by atoms with E-state index < -0.39 is 0 Å². The summed E-state index contributed by atoms with van der Waals surface area (Å²) in [6, 6.07) is 11.2. The lowest BCUT2D eigenvalue weighted by atomic mass is 10.0. The summed E-state index contributed by atoms with van der Waals surface area (Å²) in [4.78, 5) is 12.5. The van der Waals surface area contributed by atoms with Gasteiger partial charge in [-0.05, 0) is 62.1 Å². The molecule has 0 aliphatic rings. The third kappa shape index (κ3) is 3.26. The molecule has 0 saturated heterocycles. The number of hydrogen-bond acceptors (Lipinski definition) is 3. The van der Waals surface area contributed by atoms with Gasteiger partial charge in [0.05, 0.1) is 5.69 Å². The molecule has 5 heteroatoms. The maximum atomic E-state index is 12.5. The second-order valence-electron chi connectivity index (χ2n) is 6.36. The van der Waals surface area contributed by atoms with E-state index in [0.717, 1.165) is 27.9 Å². The van der Waals surface area contributed by atoms with Crippen LogP contribution in [0.2, 0.25) is 0 Å². The quantitative estimate of drug-likeness (QED) is 0.669. The van der Waals surface area contributed by atoms with E-state index in [0.29, 0.717) is 17.0 Å². The van der Waals surface area contributed by atoms with Gasteiger partial charge in [0.1, 0.15) is 11.4 Å². The van der Waals surface area contributed by atoms with Crippen molar-refractivity contribution in [2.24, 2.45) is 0 Å². The number of amides is 1. The summed E-state index contributed by atoms with van der Waals surface area (Å²) in [7, 11) is 0. The van der Waals surface area contributed by atoms with Crippen LogP contribution in [-0.2, 0) is 0 Å². The number of aromatic hydroxyl groups is 1. The molecule has 2 aromatic carbocycles. The largest absolute Gasteiger partial charge is 0.507 e. The molecule has 0 bridgehead atoms. The van der Waals surface area contributed by atoms with E-state index in [4.69, 9.17) is 0 Å². The van der Waals surface area contributed by atoms with Crippen LogP contribution >= 0.6 is 0 Å². The van der Waals surface area contributed by atoms with Crippen molar-refractivity contribution in [3.63, 3.8) is 0 Å². The fraction of sp³-hybridized carbons (Fsp3) is 0.200. The zero-order valence-electron chi connectivity index (χ0n) is 14.8. The molecule has 0 aliphatic carbocycles. The zero-order valence-corrected chi connectivity index (χ0v) is 14.8. The molecule has 1 heterocycles. The van der Waals surface area contributed by atoms with Crippen LogP contribution in [0.1, 0.15) is 32.7 Å². The average Bonchev–Trinajstić information content (AvgIpc) is 2.99. The molecular formula is C20H21N3O2. The lowest BCUT2D eigenvalue weighted by Gasteiger charge is -2.10. The van der Waals surface area contributed by atoms with Crippen molar-refractivity contribution in [1.82, 2.24) is 10.2 Å². The van der Waals surface area contributed by atoms with Gasteiger partial charge in [0, 0.05) is 11.3 Å². The number of phenolic OH excluding ortho intramolecular Hbond substituents is 1. The topological polar surface area (TPSA) is 78.0 Å². The first-order chi connectivity index (χ1) is 11.9. The second kappa shape index (κ2) is 6.43. The van der Waals surface area contributed by atoms with Crippen molar-refractivity contribution in [2.75, 3.05) is 5.32 Å². The first-order valence-electron chi connectivity index (χ1n) is 8.10. The first-order valence-corrected chi connectivity index (χ1v) is 8.10. The van der Waals surface area contributed by atoms with Gasteiger partial charge in [-0.2, -0.15) is 5.10 Å². The predicted molar refractivity (Wildman–Crippen MR) is 99.0 cm³/mol. The van der Waals surface area contributed by atoms with Gasteiger partial charge in [0.15, 0.2) is 0 Å². The summed E-state index contributed by atoms with van der Waals surface area (Å²) in [6.07, 6.45) is 0. The Bertz CT molecular complexity index is 914. The number of anilines is 1. The number of nitrogens with one attached hydrogen (secondary N) is 2. The number of aromatic nitrogens is 2. The summed E-state index contributed by atoms with van der Waals surface area (Å²) >= 11 is 0. The van der Waals surface area contributed by atoms with Gasteiger partial charge in [0.2, 0.25) is 0 Å². The highest BCUT2D eigenvalue weighted by atomic mass is 16.3. The van der Waals surface area contributed by atoms with Gasteiger partial charge in [-0.15, -0.1) is 0 Å². The van der Waals surface area contributed by atoms with E-state index in [1.54, 1.807) is 12.1 Å². The predicted octanol–water partition coefficient (Wildman–Crippen LogP) is 4.27. The molecule has 3 N–H and O–H groups in total. The van der Waals surface area contributed by atoms with Crippen molar-refractivity contribution >= 4 is 11.6 Å². The van der Waals surface area contributed by atoms with Crippen molar-refractivity contribution < 1.29 is 9.90 Å². The summed E-state index contributed by atoms with van der Waals surface area (Å²) in [5.41, 5.74) is 6.21. The Balaban J connectivity index is 1.91. The van der Waals surface area contributed by atoms with Crippen LogP contribution < -0.4 is 5.32 Å². The van der Waals surface area contributed by atoms with Crippen LogP contribution in [-0.4, -0.2) is 21.2 Å². The Kier molecular flexibility index (Phi) is 4.31. The fourth-order valence-corrected chi connectivity index (χ4v) is 3.04. The second-order valence-corrected chi connectivity index (χ2v) is 6.36. The van der Waals surface area contributed by atoms with E-state index >= 15 is 0 Å². The minimum Gasteiger partial charge on any atom is -0.507 e. The summed E-state index contributed by atoms with van der Waals surface area (Å²) in [5.74, 6) is -0.105. The Hall–Kier alpha value is -3.08. The van der Waals surface area contributed by atoms with Crippen molar-refractivity contribution in [1.29, 1.82) is 0 Å². The monoisotopic (exact) mass is 335 g/mol. The maximum absolute atomic E-state index is 12.5. The number of aryl methyl sites for hydroxylation is 4. The summed E-state index contributed by atoms with van der Waals surface area (Å²) in [5, 5.41) is 20.1. The molecule has 0 radical (unpaired) electrons. The van der Waals surface area contributed by atoms with Gasteiger partial charge in [-0.25, -0.2) is 0 Å². The Morgan fingerprint density at radius 3 is 2.36 bits per heavy atom. The number of benzene rings is 2. The van der Waals surface area contributed by atoms with E-state index in [9.17, 15) is 9.90 Å². The highest BCUT2D eigenvalue weighted by Crippen LogP contribution is 2.32. The van der Waals surface area contributed by atoms with Gasteiger partial charge in [0.25, 0.3) is 5.91 Å². The highest BCUT2D eigenvalue weighted by Gasteiger charge is 2.16. The molecule has 25 heavy (non-hydrogen) atoms. The number of para-hydroxylation sites is 1. The van der Waals surface area contributed by atoms with E-state index in [-0.39, 0.29) is 11.7 Å². The molecule has 0 aliphatic heterocycles. The number of phenols is 1. The molecule has 1 amide bonds. The number of carbonyl (C=O) groups is 1. The van der Waals surface area contributed by atoms with Crippen LogP contribution in [0.3, 0.4) is 0 Å². The lowest BCUT2D eigenvalue weighted by molar-refractivity contribution is 0.102. The van der Waals surface area contributed by atoms with E-state index in [2.05, 4.69) is 15.5 Å². The number of hydrogen-bond donors (Lipinski definition) is 3. The number of aromatic amines is 1. The number of carbonyl (C=O) groups excluding carboxylic acids is 1. The van der Waals surface area contributed by atoms with Gasteiger partial charge in [-0.1, -0.05) is 24.3 Å². The molecular weight excluding hydrogens is 314 g/mol. The van der Waals surface area contributed by atoms with Crippen molar-refractivity contribution in [3.8, 4) is 17.0 Å². The SMILES string of the molecule is Cc1cc(C)c(-c2cc(C(=O)Nc3c(C)cccc3C)[nH]n2)c(O)c1. The average molecular weight is 335 g/mol. The van der Waals surface area contributed by atoms with E-state index in [1.807, 2.05) is 52.0 Å². The van der Waals surface area contributed by atoms with Crippen LogP contribution in [0.25, 0.3) is 11.3 Å². The van der Waals surface area contributed by atoms with Crippen molar-refractivity contribution in [2.45, 2.75) is 27.7 Å². The number of nitrogens with zero attached hydrogens (tertiary/aromatic N) is 1. The minimum atomic E-state index is -0.264. The maximum Gasteiger partial charge on any atom is 0.273 e. The Morgan fingerprint density at radius 2 is 1.72 bits per heavy atom. The van der Waals surface area contributed by atoms with Crippen LogP contribution in [0.5, 0.6) is 5.75 Å². The zero-order chi connectivity index (χ0) is 18.1. The molecule has 0 fully saturated rings. The third-order valence-electron chi connectivity index (χ3n) is 4.26. The summed E-state index contributed by atoms with van der Waals surface area (Å²) < 4.78 is 0. The molecule has 0 atom stereocenters. The molecule has 128 valence electrons. The molecule has 0 unspecified atom stereocenters. The number of H-pyrrole nitrogens is 1. The third-order valence-corrected chi connectivity index (χ3v) is 4.26. The molecule has 1 aromatic heterocycles. The lowest BCUT2D eigenvalue weighted by Crippen LogP contribution is -2.14. The molecule has 0 saturated carbocycles.